The highest BCUT2D eigenvalue weighted by Crippen LogP contribution is 2.38. The third-order valence-electron chi connectivity index (χ3n) is 8.47. The summed E-state index contributed by atoms with van der Waals surface area (Å²) in [6.45, 7) is 2.09. The minimum absolute atomic E-state index is 0.0871. The van der Waals surface area contributed by atoms with E-state index in [1.165, 1.54) is 58.6 Å². The Bertz CT molecular complexity index is 1770. The molecule has 2 aliphatic rings. The van der Waals surface area contributed by atoms with Gasteiger partial charge in [-0.15, -0.1) is 11.3 Å². The first-order chi connectivity index (χ1) is 20.7. The Morgan fingerprint density at radius 3 is 2.60 bits per heavy atom. The standard InChI is InChI=1S/C30H33FN4O7S/c1-16-24-28(38)35(21-10-12-33(2)27(21)37)30(39)34(29(24)43-25(16)26-32-11-13-41-26)15-23(42-19-7-5-18(36)6-8-19)20-14-17(31)4-9-22(20)40-3/h4,9,11,13-14,18-19,21,23,36H,5-8,10,12,15H2,1-3H3/t18?,19?,21-,23?/m1/s1. The van der Waals surface area contributed by atoms with E-state index in [1.807, 2.05) is 0 Å². The number of halogens is 1. The zero-order valence-corrected chi connectivity index (χ0v) is 24.9. The van der Waals surface area contributed by atoms with E-state index < -0.39 is 35.3 Å². The maximum Gasteiger partial charge on any atom is 0.332 e. The van der Waals surface area contributed by atoms with Crippen molar-refractivity contribution in [1.82, 2.24) is 19.0 Å². The number of fused-ring (bicyclic) bond motifs is 1. The molecule has 1 saturated heterocycles. The molecule has 1 aliphatic carbocycles. The Morgan fingerprint density at radius 2 is 1.95 bits per heavy atom. The molecular formula is C30H33FN4O7S. The Balaban J connectivity index is 1.55. The van der Waals surface area contributed by atoms with Crippen LogP contribution in [-0.2, 0) is 16.1 Å². The summed E-state index contributed by atoms with van der Waals surface area (Å²) in [5, 5.41) is 10.3. The monoisotopic (exact) mass is 612 g/mol. The molecule has 43 heavy (non-hydrogen) atoms. The maximum atomic E-state index is 14.6. The number of rotatable bonds is 8. The van der Waals surface area contributed by atoms with Crippen molar-refractivity contribution < 1.29 is 28.2 Å². The number of carbonyl (C=O) groups is 1. The lowest BCUT2D eigenvalue weighted by atomic mass is 9.94. The first kappa shape index (κ1) is 29.3. The van der Waals surface area contributed by atoms with E-state index in [0.29, 0.717) is 71.1 Å². The predicted octanol–water partition coefficient (Wildman–Crippen LogP) is 3.80. The van der Waals surface area contributed by atoms with Crippen LogP contribution in [-0.4, -0.2) is 62.9 Å². The number of nitrogens with zero attached hydrogens (tertiary/aromatic N) is 4. The maximum absolute atomic E-state index is 14.6. The summed E-state index contributed by atoms with van der Waals surface area (Å²) in [5.74, 6) is -0.120. The molecule has 1 amide bonds. The minimum Gasteiger partial charge on any atom is -0.496 e. The minimum atomic E-state index is -0.951. The van der Waals surface area contributed by atoms with Crippen molar-refractivity contribution >= 4 is 27.5 Å². The van der Waals surface area contributed by atoms with Crippen molar-refractivity contribution in [2.24, 2.45) is 0 Å². The first-order valence-corrected chi connectivity index (χ1v) is 15.1. The molecule has 1 saturated carbocycles. The van der Waals surface area contributed by atoms with Gasteiger partial charge in [0.15, 0.2) is 0 Å². The molecular weight excluding hydrogens is 579 g/mol. The number of thiophene rings is 1. The normalized spacial score (nSPS) is 21.6. The number of hydrogen-bond acceptors (Lipinski definition) is 9. The predicted molar refractivity (Wildman–Crippen MR) is 157 cm³/mol. The van der Waals surface area contributed by atoms with Crippen LogP contribution < -0.4 is 16.0 Å². The molecule has 11 nitrogen and oxygen atoms in total. The lowest BCUT2D eigenvalue weighted by Crippen LogP contribution is -2.45. The van der Waals surface area contributed by atoms with Crippen molar-refractivity contribution in [2.45, 2.75) is 69.9 Å². The third kappa shape index (κ3) is 5.30. The number of carbonyl (C=O) groups excluding carboxylic acids is 1. The molecule has 2 atom stereocenters. The van der Waals surface area contributed by atoms with Gasteiger partial charge in [0.2, 0.25) is 11.8 Å². The van der Waals surface area contributed by atoms with E-state index in [9.17, 15) is 23.9 Å². The number of methoxy groups -OCH3 is 1. The number of benzene rings is 1. The number of amides is 1. The number of likely N-dealkylation sites (N-methyl/N-ethyl adjacent to an activating group) is 1. The highest BCUT2D eigenvalue weighted by atomic mass is 32.1. The van der Waals surface area contributed by atoms with E-state index in [1.54, 1.807) is 14.0 Å². The van der Waals surface area contributed by atoms with Crippen LogP contribution in [0.2, 0.25) is 0 Å². The lowest BCUT2D eigenvalue weighted by molar-refractivity contribution is -0.129. The van der Waals surface area contributed by atoms with Crippen molar-refractivity contribution in [3.05, 3.63) is 68.4 Å². The second-order valence-corrected chi connectivity index (χ2v) is 12.1. The Labute approximate surface area is 250 Å². The van der Waals surface area contributed by atoms with Crippen LogP contribution in [0.1, 0.15) is 55.4 Å². The van der Waals surface area contributed by atoms with E-state index in [-0.39, 0.29) is 23.9 Å². The number of aliphatic hydroxyl groups is 1. The van der Waals surface area contributed by atoms with Gasteiger partial charge in [-0.3, -0.25) is 14.2 Å². The van der Waals surface area contributed by atoms with Crippen LogP contribution in [0.5, 0.6) is 5.75 Å². The van der Waals surface area contributed by atoms with Gasteiger partial charge in [0.1, 0.15) is 34.8 Å². The van der Waals surface area contributed by atoms with Gasteiger partial charge in [-0.25, -0.2) is 18.7 Å². The Morgan fingerprint density at radius 1 is 1.19 bits per heavy atom. The molecule has 1 aliphatic heterocycles. The summed E-state index contributed by atoms with van der Waals surface area (Å²) in [5.41, 5.74) is -0.229. The molecule has 2 fully saturated rings. The summed E-state index contributed by atoms with van der Waals surface area (Å²) in [7, 11) is 3.12. The van der Waals surface area contributed by atoms with Crippen LogP contribution in [0, 0.1) is 12.7 Å². The molecule has 0 radical (unpaired) electrons. The van der Waals surface area contributed by atoms with Crippen LogP contribution in [0.15, 0.2) is 44.7 Å². The van der Waals surface area contributed by atoms with Crippen molar-refractivity contribution in [1.29, 1.82) is 0 Å². The number of aliphatic hydroxyl groups excluding tert-OH is 1. The summed E-state index contributed by atoms with van der Waals surface area (Å²) < 4.78 is 34.8. The molecule has 1 unspecified atom stereocenters. The zero-order valence-electron chi connectivity index (χ0n) is 24.1. The van der Waals surface area contributed by atoms with Gasteiger partial charge in [-0.2, -0.15) is 0 Å². The SMILES string of the molecule is COc1ccc(F)cc1C(Cn1c(=O)n([C@@H]2CCN(C)C2=O)c(=O)c2c(C)c(-c3ncco3)sc21)OC1CCC(O)CC1. The molecule has 1 N–H and O–H groups in total. The molecule has 13 heteroatoms. The molecule has 228 valence electrons. The fourth-order valence-electron chi connectivity index (χ4n) is 6.13. The van der Waals surface area contributed by atoms with Crippen LogP contribution in [0.3, 0.4) is 0 Å². The summed E-state index contributed by atoms with van der Waals surface area (Å²) in [6.07, 6.45) is 4.04. The smallest absolute Gasteiger partial charge is 0.332 e. The fraction of sp³-hybridized carbons (Fsp3) is 0.467. The van der Waals surface area contributed by atoms with E-state index in [4.69, 9.17) is 13.9 Å². The van der Waals surface area contributed by atoms with Gasteiger partial charge in [0.25, 0.3) is 5.56 Å². The molecule has 1 aromatic carbocycles. The number of aryl methyl sites for hydroxylation is 1. The number of hydrogen-bond donors (Lipinski definition) is 1. The van der Waals surface area contributed by atoms with Crippen molar-refractivity contribution in [3.63, 3.8) is 0 Å². The largest absolute Gasteiger partial charge is 0.496 e. The van der Waals surface area contributed by atoms with E-state index in [0.717, 1.165) is 4.57 Å². The number of likely N-dealkylation sites (tertiary alicyclic amines) is 1. The Hall–Kier alpha value is -3.81. The lowest BCUT2D eigenvalue weighted by Gasteiger charge is -2.31. The number of oxazole rings is 1. The van der Waals surface area contributed by atoms with Crippen molar-refractivity contribution in [3.8, 4) is 16.5 Å². The van der Waals surface area contributed by atoms with Gasteiger partial charge in [-0.05, 0) is 62.8 Å². The van der Waals surface area contributed by atoms with Gasteiger partial charge in [0, 0.05) is 19.2 Å². The summed E-state index contributed by atoms with van der Waals surface area (Å²) in [6, 6.07) is 3.17. The second kappa shape index (κ2) is 11.7. The van der Waals surface area contributed by atoms with Gasteiger partial charge in [0.05, 0.1) is 42.3 Å². The molecule has 0 spiro atoms. The topological polar surface area (TPSA) is 129 Å². The average molecular weight is 613 g/mol. The molecule has 6 rings (SSSR count). The third-order valence-corrected chi connectivity index (χ3v) is 9.77. The molecule has 4 heterocycles. The van der Waals surface area contributed by atoms with Gasteiger partial charge >= 0.3 is 5.69 Å². The number of aromatic nitrogens is 3. The zero-order chi connectivity index (χ0) is 30.4. The van der Waals surface area contributed by atoms with Crippen molar-refractivity contribution in [2.75, 3.05) is 20.7 Å². The fourth-order valence-corrected chi connectivity index (χ4v) is 7.38. The molecule has 0 bridgehead atoms. The first-order valence-electron chi connectivity index (χ1n) is 14.3. The quantitative estimate of drug-likeness (QED) is 0.318. The molecule has 4 aromatic rings. The highest BCUT2D eigenvalue weighted by Gasteiger charge is 2.36. The Kier molecular flexibility index (Phi) is 7.96. The summed E-state index contributed by atoms with van der Waals surface area (Å²) >= 11 is 1.19. The highest BCUT2D eigenvalue weighted by molar-refractivity contribution is 7.22. The van der Waals surface area contributed by atoms with E-state index >= 15 is 0 Å². The van der Waals surface area contributed by atoms with Crippen LogP contribution >= 0.6 is 11.3 Å². The number of ether oxygens (including phenoxy) is 2. The average Bonchev–Trinajstić information content (AvgIpc) is 3.72. The van der Waals surface area contributed by atoms with Crippen LogP contribution in [0.25, 0.3) is 21.0 Å². The second-order valence-electron chi connectivity index (χ2n) is 11.1. The van der Waals surface area contributed by atoms with Gasteiger partial charge in [-0.1, -0.05) is 0 Å². The summed E-state index contributed by atoms with van der Waals surface area (Å²) in [4.78, 5) is 48.1. The molecule has 3 aromatic heterocycles. The van der Waals surface area contributed by atoms with Gasteiger partial charge < -0.3 is 23.9 Å². The van der Waals surface area contributed by atoms with E-state index in [2.05, 4.69) is 4.98 Å². The van der Waals surface area contributed by atoms with Crippen LogP contribution in [0.4, 0.5) is 4.39 Å².